The van der Waals surface area contributed by atoms with Crippen LogP contribution in [0, 0.1) is 0 Å². The Balaban J connectivity index is 1.98. The Morgan fingerprint density at radius 2 is 2.06 bits per heavy atom. The minimum atomic E-state index is 0.370. The first kappa shape index (κ1) is 12.9. The third kappa shape index (κ3) is 3.44. The van der Waals surface area contributed by atoms with Crippen LogP contribution in [0.2, 0.25) is 5.02 Å². The topological polar surface area (TPSA) is 35.2 Å². The van der Waals surface area contributed by atoms with Crippen molar-refractivity contribution in [3.8, 4) is 0 Å². The van der Waals surface area contributed by atoms with Gasteiger partial charge in [-0.05, 0) is 56.3 Å². The van der Waals surface area contributed by atoms with Gasteiger partial charge >= 0.3 is 0 Å². The molecule has 0 bridgehead atoms. The fourth-order valence-corrected chi connectivity index (χ4v) is 2.61. The maximum Gasteiger partial charge on any atom is 0.0586 e. The second-order valence-electron chi connectivity index (χ2n) is 4.87. The molecule has 0 saturated carbocycles. The van der Waals surface area contributed by atoms with E-state index in [1.807, 2.05) is 12.1 Å². The van der Waals surface area contributed by atoms with Gasteiger partial charge in [0, 0.05) is 5.02 Å². The third-order valence-corrected chi connectivity index (χ3v) is 3.75. The van der Waals surface area contributed by atoms with Crippen LogP contribution in [-0.4, -0.2) is 18.8 Å². The predicted molar refractivity (Wildman–Crippen MR) is 71.4 cm³/mol. The largest absolute Gasteiger partial charge is 0.375 e. The summed E-state index contributed by atoms with van der Waals surface area (Å²) in [6, 6.07) is 7.99. The van der Waals surface area contributed by atoms with Gasteiger partial charge in [0.2, 0.25) is 0 Å². The normalized spacial score (nSPS) is 26.1. The predicted octanol–water partition coefficient (Wildman–Crippen LogP) is 3.34. The van der Waals surface area contributed by atoms with Crippen molar-refractivity contribution in [2.24, 2.45) is 5.73 Å². The minimum Gasteiger partial charge on any atom is -0.375 e. The zero-order chi connectivity index (χ0) is 12.3. The van der Waals surface area contributed by atoms with Gasteiger partial charge in [0.05, 0.1) is 12.2 Å². The molecule has 0 radical (unpaired) electrons. The van der Waals surface area contributed by atoms with Crippen LogP contribution in [0.15, 0.2) is 24.3 Å². The molecule has 0 amide bonds. The molecule has 1 aromatic rings. The van der Waals surface area contributed by atoms with E-state index in [0.29, 0.717) is 24.7 Å². The molecule has 1 saturated heterocycles. The van der Waals surface area contributed by atoms with E-state index < -0.39 is 0 Å². The SMILES string of the molecule is CC1CCC(CC(CN)c2ccc(Cl)cc2)O1. The zero-order valence-corrected chi connectivity index (χ0v) is 11.0. The first-order valence-electron chi connectivity index (χ1n) is 6.30. The molecule has 2 nitrogen and oxygen atoms in total. The summed E-state index contributed by atoms with van der Waals surface area (Å²) in [5.41, 5.74) is 7.13. The van der Waals surface area contributed by atoms with Gasteiger partial charge in [-0.15, -0.1) is 0 Å². The Labute approximate surface area is 108 Å². The smallest absolute Gasteiger partial charge is 0.0586 e. The highest BCUT2D eigenvalue weighted by Crippen LogP contribution is 2.29. The van der Waals surface area contributed by atoms with Crippen LogP contribution < -0.4 is 5.73 Å². The number of hydrogen-bond acceptors (Lipinski definition) is 2. The second kappa shape index (κ2) is 5.85. The molecule has 1 aliphatic heterocycles. The number of nitrogens with two attached hydrogens (primary N) is 1. The van der Waals surface area contributed by atoms with Crippen LogP contribution in [0.25, 0.3) is 0 Å². The van der Waals surface area contributed by atoms with E-state index in [4.69, 9.17) is 22.1 Å². The van der Waals surface area contributed by atoms with Gasteiger partial charge in [0.1, 0.15) is 0 Å². The number of halogens is 1. The molecule has 0 spiro atoms. The Morgan fingerprint density at radius 3 is 2.59 bits per heavy atom. The average molecular weight is 254 g/mol. The number of hydrogen-bond donors (Lipinski definition) is 1. The van der Waals surface area contributed by atoms with Gasteiger partial charge < -0.3 is 10.5 Å². The summed E-state index contributed by atoms with van der Waals surface area (Å²) in [6.07, 6.45) is 4.12. The van der Waals surface area contributed by atoms with Crippen LogP contribution in [0.3, 0.4) is 0 Å². The van der Waals surface area contributed by atoms with Crippen molar-refractivity contribution >= 4 is 11.6 Å². The Kier molecular flexibility index (Phi) is 4.43. The van der Waals surface area contributed by atoms with Crippen molar-refractivity contribution in [2.45, 2.75) is 44.3 Å². The summed E-state index contributed by atoms with van der Waals surface area (Å²) < 4.78 is 5.86. The van der Waals surface area contributed by atoms with E-state index in [2.05, 4.69) is 19.1 Å². The van der Waals surface area contributed by atoms with Crippen molar-refractivity contribution in [1.82, 2.24) is 0 Å². The van der Waals surface area contributed by atoms with E-state index in [0.717, 1.165) is 17.9 Å². The number of rotatable bonds is 4. The number of ether oxygens (including phenoxy) is 1. The summed E-state index contributed by atoms with van der Waals surface area (Å²) in [4.78, 5) is 0. The fraction of sp³-hybridized carbons (Fsp3) is 0.571. The van der Waals surface area contributed by atoms with Crippen molar-refractivity contribution in [1.29, 1.82) is 0 Å². The van der Waals surface area contributed by atoms with Gasteiger partial charge in [-0.1, -0.05) is 23.7 Å². The molecule has 1 aromatic carbocycles. The second-order valence-corrected chi connectivity index (χ2v) is 5.30. The lowest BCUT2D eigenvalue weighted by Gasteiger charge is -2.19. The van der Waals surface area contributed by atoms with Crippen molar-refractivity contribution < 1.29 is 4.74 Å². The molecule has 0 aliphatic carbocycles. The van der Waals surface area contributed by atoms with E-state index >= 15 is 0 Å². The molecular weight excluding hydrogens is 234 g/mol. The lowest BCUT2D eigenvalue weighted by Crippen LogP contribution is -2.19. The van der Waals surface area contributed by atoms with E-state index in [1.54, 1.807) is 0 Å². The standard InChI is InChI=1S/C14H20ClNO/c1-10-2-7-14(17-10)8-12(9-16)11-3-5-13(15)6-4-11/h3-6,10,12,14H,2,7-9,16H2,1H3. The molecular formula is C14H20ClNO. The lowest BCUT2D eigenvalue weighted by atomic mass is 9.92. The zero-order valence-electron chi connectivity index (χ0n) is 10.2. The molecule has 3 heteroatoms. The van der Waals surface area contributed by atoms with Crippen molar-refractivity contribution in [2.75, 3.05) is 6.54 Å². The molecule has 1 fully saturated rings. The maximum absolute atomic E-state index is 5.89. The molecule has 2 rings (SSSR count). The van der Waals surface area contributed by atoms with Gasteiger partial charge in [0.25, 0.3) is 0 Å². The van der Waals surface area contributed by atoms with Crippen LogP contribution in [-0.2, 0) is 4.74 Å². The van der Waals surface area contributed by atoms with Crippen LogP contribution in [0.1, 0.15) is 37.7 Å². The average Bonchev–Trinajstić information content (AvgIpc) is 2.73. The first-order chi connectivity index (χ1) is 8.19. The summed E-state index contributed by atoms with van der Waals surface area (Å²) in [6.45, 7) is 2.80. The summed E-state index contributed by atoms with van der Waals surface area (Å²) in [5, 5.41) is 0.773. The van der Waals surface area contributed by atoms with Gasteiger partial charge in [0.15, 0.2) is 0 Å². The fourth-order valence-electron chi connectivity index (χ4n) is 2.48. The Hall–Kier alpha value is -0.570. The summed E-state index contributed by atoms with van der Waals surface area (Å²) >= 11 is 5.89. The van der Waals surface area contributed by atoms with Crippen LogP contribution in [0.5, 0.6) is 0 Å². The van der Waals surface area contributed by atoms with Gasteiger partial charge in [-0.25, -0.2) is 0 Å². The van der Waals surface area contributed by atoms with E-state index in [9.17, 15) is 0 Å². The molecule has 17 heavy (non-hydrogen) atoms. The van der Waals surface area contributed by atoms with E-state index in [1.165, 1.54) is 12.0 Å². The Bertz CT molecular complexity index is 352. The van der Waals surface area contributed by atoms with E-state index in [-0.39, 0.29) is 0 Å². The highest BCUT2D eigenvalue weighted by Gasteiger charge is 2.25. The maximum atomic E-state index is 5.89. The van der Waals surface area contributed by atoms with Crippen LogP contribution >= 0.6 is 11.6 Å². The summed E-state index contributed by atoms with van der Waals surface area (Å²) in [5.74, 6) is 0.377. The van der Waals surface area contributed by atoms with Gasteiger partial charge in [-0.3, -0.25) is 0 Å². The Morgan fingerprint density at radius 1 is 1.35 bits per heavy atom. The molecule has 3 unspecified atom stereocenters. The minimum absolute atomic E-state index is 0.370. The van der Waals surface area contributed by atoms with Crippen molar-refractivity contribution in [3.63, 3.8) is 0 Å². The quantitative estimate of drug-likeness (QED) is 0.893. The van der Waals surface area contributed by atoms with Gasteiger partial charge in [-0.2, -0.15) is 0 Å². The highest BCUT2D eigenvalue weighted by molar-refractivity contribution is 6.30. The highest BCUT2D eigenvalue weighted by atomic mass is 35.5. The summed E-state index contributed by atoms with van der Waals surface area (Å²) in [7, 11) is 0. The molecule has 3 atom stereocenters. The molecule has 0 aromatic heterocycles. The first-order valence-corrected chi connectivity index (χ1v) is 6.68. The monoisotopic (exact) mass is 253 g/mol. The lowest BCUT2D eigenvalue weighted by molar-refractivity contribution is 0.0470. The molecule has 2 N–H and O–H groups in total. The molecule has 1 heterocycles. The number of benzene rings is 1. The third-order valence-electron chi connectivity index (χ3n) is 3.49. The van der Waals surface area contributed by atoms with Crippen molar-refractivity contribution in [3.05, 3.63) is 34.9 Å². The van der Waals surface area contributed by atoms with Crippen LogP contribution in [0.4, 0.5) is 0 Å². The molecule has 94 valence electrons. The molecule has 1 aliphatic rings.